The van der Waals surface area contributed by atoms with E-state index in [0.29, 0.717) is 23.2 Å². The van der Waals surface area contributed by atoms with E-state index in [9.17, 15) is 5.11 Å². The van der Waals surface area contributed by atoms with E-state index >= 15 is 0 Å². The van der Waals surface area contributed by atoms with Crippen molar-refractivity contribution in [2.24, 2.45) is 0 Å². The second-order valence-electron chi connectivity index (χ2n) is 4.96. The molecule has 1 unspecified atom stereocenters. The van der Waals surface area contributed by atoms with Gasteiger partial charge in [0.1, 0.15) is 0 Å². The molecule has 3 aromatic rings. The van der Waals surface area contributed by atoms with Crippen LogP contribution in [0.2, 0.25) is 0 Å². The lowest BCUT2D eigenvalue weighted by molar-refractivity contribution is 0.204. The Kier molecular flexibility index (Phi) is 5.48. The molecule has 0 aliphatic carbocycles. The highest BCUT2D eigenvalue weighted by Gasteiger charge is 2.11. The zero-order valence-corrected chi connectivity index (χ0v) is 14.6. The predicted octanol–water partition coefficient (Wildman–Crippen LogP) is 4.47. The third-order valence-electron chi connectivity index (χ3n) is 3.24. The summed E-state index contributed by atoms with van der Waals surface area (Å²) >= 11 is 4.99. The summed E-state index contributed by atoms with van der Waals surface area (Å²) in [7, 11) is 0. The molecule has 0 spiro atoms. The molecule has 0 radical (unpaired) electrons. The van der Waals surface area contributed by atoms with Crippen LogP contribution in [-0.4, -0.2) is 21.0 Å². The fourth-order valence-corrected chi connectivity index (χ4v) is 3.31. The first-order valence-electron chi connectivity index (χ1n) is 7.11. The summed E-state index contributed by atoms with van der Waals surface area (Å²) in [6.07, 6.45) is -0.492. The zero-order valence-electron chi connectivity index (χ0n) is 12.2. The van der Waals surface area contributed by atoms with Gasteiger partial charge in [-0.2, -0.15) is 4.98 Å². The van der Waals surface area contributed by atoms with Crippen LogP contribution in [0.5, 0.6) is 0 Å². The summed E-state index contributed by atoms with van der Waals surface area (Å²) in [5, 5.41) is 14.1. The number of aromatic nitrogens is 2. The van der Waals surface area contributed by atoms with Crippen LogP contribution in [0.1, 0.15) is 17.6 Å². The maximum absolute atomic E-state index is 10.1. The molecule has 0 saturated heterocycles. The molecular formula is C17H15BrN2O2S. The maximum atomic E-state index is 10.1. The van der Waals surface area contributed by atoms with Gasteiger partial charge >= 0.3 is 0 Å². The number of halogens is 1. The van der Waals surface area contributed by atoms with Gasteiger partial charge in [-0.1, -0.05) is 63.6 Å². The van der Waals surface area contributed by atoms with Crippen LogP contribution in [0.15, 0.2) is 63.6 Å². The van der Waals surface area contributed by atoms with Crippen molar-refractivity contribution in [3.63, 3.8) is 0 Å². The van der Waals surface area contributed by atoms with E-state index in [2.05, 4.69) is 26.1 Å². The molecule has 118 valence electrons. The summed E-state index contributed by atoms with van der Waals surface area (Å²) in [6.45, 7) is 0. The van der Waals surface area contributed by atoms with Gasteiger partial charge in [-0.05, 0) is 17.7 Å². The Bertz CT molecular complexity index is 764. The third-order valence-corrected chi connectivity index (χ3v) is 4.73. The fourth-order valence-electron chi connectivity index (χ4n) is 2.09. The summed E-state index contributed by atoms with van der Waals surface area (Å²) in [5.41, 5.74) is 1.82. The first-order chi connectivity index (χ1) is 11.2. The van der Waals surface area contributed by atoms with Crippen molar-refractivity contribution >= 4 is 27.7 Å². The number of aliphatic hydroxyl groups excluding tert-OH is 1. The molecule has 1 heterocycles. The van der Waals surface area contributed by atoms with E-state index in [0.717, 1.165) is 15.6 Å². The molecule has 6 heteroatoms. The molecule has 1 N–H and O–H groups in total. The molecule has 1 aromatic heterocycles. The van der Waals surface area contributed by atoms with Crippen LogP contribution in [0, 0.1) is 0 Å². The number of nitrogens with zero attached hydrogens (tertiary/aromatic N) is 2. The van der Waals surface area contributed by atoms with Gasteiger partial charge in [0.05, 0.1) is 11.9 Å². The highest BCUT2D eigenvalue weighted by atomic mass is 79.9. The summed E-state index contributed by atoms with van der Waals surface area (Å²) in [5.74, 6) is 2.29. The van der Waals surface area contributed by atoms with Crippen molar-refractivity contribution in [3.8, 4) is 11.4 Å². The molecule has 2 aromatic carbocycles. The lowest BCUT2D eigenvalue weighted by atomic mass is 10.1. The van der Waals surface area contributed by atoms with Gasteiger partial charge in [0, 0.05) is 15.8 Å². The Morgan fingerprint density at radius 3 is 2.74 bits per heavy atom. The Balaban J connectivity index is 1.55. The predicted molar refractivity (Wildman–Crippen MR) is 95.0 cm³/mol. The highest BCUT2D eigenvalue weighted by Crippen LogP contribution is 2.23. The number of thioether (sulfide) groups is 1. The topological polar surface area (TPSA) is 59.2 Å². The van der Waals surface area contributed by atoms with Gasteiger partial charge < -0.3 is 9.63 Å². The normalized spacial score (nSPS) is 12.3. The van der Waals surface area contributed by atoms with Crippen LogP contribution < -0.4 is 0 Å². The average Bonchev–Trinajstić information content (AvgIpc) is 3.04. The van der Waals surface area contributed by atoms with Crippen LogP contribution in [0.25, 0.3) is 11.4 Å². The summed E-state index contributed by atoms with van der Waals surface area (Å²) < 4.78 is 6.24. The van der Waals surface area contributed by atoms with Crippen LogP contribution in [0.3, 0.4) is 0 Å². The smallest absolute Gasteiger partial charge is 0.236 e. The molecule has 3 rings (SSSR count). The molecule has 0 bridgehead atoms. The zero-order chi connectivity index (χ0) is 16.1. The van der Waals surface area contributed by atoms with Crippen molar-refractivity contribution in [1.29, 1.82) is 0 Å². The van der Waals surface area contributed by atoms with Crippen molar-refractivity contribution < 1.29 is 9.63 Å². The minimum absolute atomic E-state index is 0.492. The largest absolute Gasteiger partial charge is 0.388 e. The first-order valence-corrected chi connectivity index (χ1v) is 9.06. The average molecular weight is 391 g/mol. The molecule has 0 amide bonds. The number of aliphatic hydroxyl groups is 1. The van der Waals surface area contributed by atoms with E-state index < -0.39 is 6.10 Å². The van der Waals surface area contributed by atoms with Crippen LogP contribution in [-0.2, 0) is 5.75 Å². The van der Waals surface area contributed by atoms with Crippen LogP contribution in [0.4, 0.5) is 0 Å². The molecule has 0 aliphatic heterocycles. The third kappa shape index (κ3) is 4.43. The van der Waals surface area contributed by atoms with Crippen LogP contribution >= 0.6 is 27.7 Å². The number of hydrogen-bond donors (Lipinski definition) is 1. The van der Waals surface area contributed by atoms with Gasteiger partial charge in [0.2, 0.25) is 11.7 Å². The van der Waals surface area contributed by atoms with E-state index in [4.69, 9.17) is 4.52 Å². The quantitative estimate of drug-likeness (QED) is 0.672. The molecule has 0 fully saturated rings. The molecule has 4 nitrogen and oxygen atoms in total. The van der Waals surface area contributed by atoms with Gasteiger partial charge in [0.25, 0.3) is 0 Å². The number of hydrogen-bond acceptors (Lipinski definition) is 5. The van der Waals surface area contributed by atoms with E-state index in [1.807, 2.05) is 54.6 Å². The highest BCUT2D eigenvalue weighted by molar-refractivity contribution is 9.10. The second kappa shape index (κ2) is 7.77. The molecule has 0 aliphatic rings. The lowest BCUT2D eigenvalue weighted by Gasteiger charge is -2.09. The molecule has 1 atom stereocenters. The Hall–Kier alpha value is -1.63. The van der Waals surface area contributed by atoms with Gasteiger partial charge in [0.15, 0.2) is 0 Å². The van der Waals surface area contributed by atoms with Gasteiger partial charge in [-0.15, -0.1) is 11.8 Å². The van der Waals surface area contributed by atoms with E-state index in [-0.39, 0.29) is 0 Å². The fraction of sp³-hybridized carbons (Fsp3) is 0.176. The molecule has 0 saturated carbocycles. The summed E-state index contributed by atoms with van der Waals surface area (Å²) in [4.78, 5) is 4.39. The second-order valence-corrected chi connectivity index (χ2v) is 6.91. The summed E-state index contributed by atoms with van der Waals surface area (Å²) in [6, 6.07) is 17.4. The first kappa shape index (κ1) is 16.2. The van der Waals surface area contributed by atoms with Crippen molar-refractivity contribution in [2.45, 2.75) is 11.9 Å². The minimum atomic E-state index is -0.492. The van der Waals surface area contributed by atoms with Crippen molar-refractivity contribution in [1.82, 2.24) is 10.1 Å². The maximum Gasteiger partial charge on any atom is 0.236 e. The van der Waals surface area contributed by atoms with E-state index in [1.165, 1.54) is 0 Å². The number of rotatable bonds is 6. The van der Waals surface area contributed by atoms with Crippen molar-refractivity contribution in [3.05, 3.63) is 70.5 Å². The van der Waals surface area contributed by atoms with Gasteiger partial charge in [-0.25, -0.2) is 0 Å². The van der Waals surface area contributed by atoms with Gasteiger partial charge in [-0.3, -0.25) is 0 Å². The molecule has 23 heavy (non-hydrogen) atoms. The Morgan fingerprint density at radius 1 is 1.13 bits per heavy atom. The monoisotopic (exact) mass is 390 g/mol. The SMILES string of the molecule is OC(CSCc1nc(-c2cccc(Br)c2)no1)c1ccccc1. The Morgan fingerprint density at radius 2 is 1.96 bits per heavy atom. The van der Waals surface area contributed by atoms with Crippen molar-refractivity contribution in [2.75, 3.05) is 5.75 Å². The lowest BCUT2D eigenvalue weighted by Crippen LogP contribution is -2.00. The Labute approximate surface area is 147 Å². The minimum Gasteiger partial charge on any atom is -0.388 e. The standard InChI is InChI=1S/C17H15BrN2O2S/c18-14-8-4-7-13(9-14)17-19-16(22-20-17)11-23-10-15(21)12-5-2-1-3-6-12/h1-9,15,21H,10-11H2. The molecular weight excluding hydrogens is 376 g/mol. The number of benzene rings is 2. The van der Waals surface area contributed by atoms with E-state index in [1.54, 1.807) is 11.8 Å².